The first kappa shape index (κ1) is 13.4. The minimum atomic E-state index is -0.0501. The van der Waals surface area contributed by atoms with E-state index in [1.54, 1.807) is 17.9 Å². The van der Waals surface area contributed by atoms with Gasteiger partial charge in [-0.1, -0.05) is 18.2 Å². The molecule has 1 heterocycles. The second kappa shape index (κ2) is 6.20. The summed E-state index contributed by atoms with van der Waals surface area (Å²) in [7, 11) is 0. The molecule has 1 aromatic carbocycles. The molecule has 2 aromatic rings. The molecule has 0 atom stereocenters. The largest absolute Gasteiger partial charge is 0.469 e. The van der Waals surface area contributed by atoms with Gasteiger partial charge in [0.15, 0.2) is 0 Å². The quantitative estimate of drug-likeness (QED) is 0.896. The van der Waals surface area contributed by atoms with E-state index >= 15 is 0 Å². The van der Waals surface area contributed by atoms with Gasteiger partial charge in [-0.05, 0) is 38.1 Å². The fourth-order valence-corrected chi connectivity index (χ4v) is 1.96. The molecular weight excluding hydrogens is 240 g/mol. The van der Waals surface area contributed by atoms with E-state index in [4.69, 9.17) is 10.2 Å². The summed E-state index contributed by atoms with van der Waals surface area (Å²) < 4.78 is 5.20. The molecule has 0 aliphatic carbocycles. The summed E-state index contributed by atoms with van der Waals surface area (Å²) in [5.41, 5.74) is 7.02. The van der Waals surface area contributed by atoms with E-state index in [1.165, 1.54) is 6.26 Å². The van der Waals surface area contributed by atoms with Crippen LogP contribution in [-0.2, 0) is 0 Å². The molecule has 0 radical (unpaired) electrons. The second-order valence-corrected chi connectivity index (χ2v) is 4.33. The number of hydrogen-bond donors (Lipinski definition) is 1. The van der Waals surface area contributed by atoms with Crippen molar-refractivity contribution in [3.63, 3.8) is 0 Å². The predicted octanol–water partition coefficient (Wildman–Crippen LogP) is 2.58. The van der Waals surface area contributed by atoms with Gasteiger partial charge in [-0.3, -0.25) is 4.79 Å². The highest BCUT2D eigenvalue weighted by atomic mass is 16.3. The maximum Gasteiger partial charge on any atom is 0.261 e. The van der Waals surface area contributed by atoms with Crippen LogP contribution < -0.4 is 10.6 Å². The molecular formula is C15H18N2O2. The number of carbonyl (C=O) groups is 1. The molecule has 4 heteroatoms. The third kappa shape index (κ3) is 3.03. The van der Waals surface area contributed by atoms with Crippen molar-refractivity contribution in [2.24, 2.45) is 5.73 Å². The van der Waals surface area contributed by atoms with Gasteiger partial charge in [-0.25, -0.2) is 0 Å². The van der Waals surface area contributed by atoms with E-state index in [1.807, 2.05) is 30.3 Å². The lowest BCUT2D eigenvalue weighted by Gasteiger charge is -2.22. The van der Waals surface area contributed by atoms with Crippen LogP contribution >= 0.6 is 0 Å². The molecule has 1 aromatic heterocycles. The van der Waals surface area contributed by atoms with Gasteiger partial charge in [0.25, 0.3) is 5.91 Å². The first-order chi connectivity index (χ1) is 9.24. The van der Waals surface area contributed by atoms with Gasteiger partial charge in [0, 0.05) is 12.2 Å². The molecule has 1 amide bonds. The van der Waals surface area contributed by atoms with E-state index in [0.29, 0.717) is 24.4 Å². The SMILES string of the molecule is Cc1occc1C(=O)N(CCCN)c1ccccc1. The molecule has 0 spiro atoms. The zero-order valence-electron chi connectivity index (χ0n) is 11.0. The van der Waals surface area contributed by atoms with Crippen LogP contribution in [0.15, 0.2) is 47.1 Å². The molecule has 4 nitrogen and oxygen atoms in total. The van der Waals surface area contributed by atoms with E-state index in [2.05, 4.69) is 0 Å². The molecule has 0 aliphatic rings. The number of nitrogens with two attached hydrogens (primary N) is 1. The summed E-state index contributed by atoms with van der Waals surface area (Å²) in [6.07, 6.45) is 2.30. The first-order valence-corrected chi connectivity index (χ1v) is 6.35. The summed E-state index contributed by atoms with van der Waals surface area (Å²) in [5.74, 6) is 0.588. The van der Waals surface area contributed by atoms with Gasteiger partial charge >= 0.3 is 0 Å². The Hall–Kier alpha value is -2.07. The highest BCUT2D eigenvalue weighted by Crippen LogP contribution is 2.19. The van der Waals surface area contributed by atoms with Crippen LogP contribution in [0.3, 0.4) is 0 Å². The Morgan fingerprint density at radius 1 is 1.26 bits per heavy atom. The lowest BCUT2D eigenvalue weighted by molar-refractivity contribution is 0.0985. The molecule has 0 bridgehead atoms. The Balaban J connectivity index is 2.28. The minimum Gasteiger partial charge on any atom is -0.469 e. The van der Waals surface area contributed by atoms with Gasteiger partial charge < -0.3 is 15.1 Å². The normalized spacial score (nSPS) is 10.4. The van der Waals surface area contributed by atoms with E-state index in [-0.39, 0.29) is 5.91 Å². The summed E-state index contributed by atoms with van der Waals surface area (Å²) in [4.78, 5) is 14.3. The molecule has 2 rings (SSSR count). The zero-order chi connectivity index (χ0) is 13.7. The van der Waals surface area contributed by atoms with Crippen LogP contribution in [-0.4, -0.2) is 19.0 Å². The van der Waals surface area contributed by atoms with Crippen LogP contribution in [0.25, 0.3) is 0 Å². The third-order valence-electron chi connectivity index (χ3n) is 2.99. The minimum absolute atomic E-state index is 0.0501. The van der Waals surface area contributed by atoms with Crippen molar-refractivity contribution in [3.8, 4) is 0 Å². The van der Waals surface area contributed by atoms with Gasteiger partial charge in [0.1, 0.15) is 5.76 Å². The van der Waals surface area contributed by atoms with Crippen molar-refractivity contribution in [1.29, 1.82) is 0 Å². The van der Waals surface area contributed by atoms with Gasteiger partial charge in [-0.15, -0.1) is 0 Å². The van der Waals surface area contributed by atoms with Crippen molar-refractivity contribution >= 4 is 11.6 Å². The molecule has 19 heavy (non-hydrogen) atoms. The number of amides is 1. The number of para-hydroxylation sites is 1. The lowest BCUT2D eigenvalue weighted by atomic mass is 10.2. The van der Waals surface area contributed by atoms with Crippen LogP contribution in [0, 0.1) is 6.92 Å². The topological polar surface area (TPSA) is 59.5 Å². The third-order valence-corrected chi connectivity index (χ3v) is 2.99. The number of aryl methyl sites for hydroxylation is 1. The van der Waals surface area contributed by atoms with E-state index in [9.17, 15) is 4.79 Å². The van der Waals surface area contributed by atoms with Gasteiger partial charge in [0.05, 0.1) is 11.8 Å². The predicted molar refractivity (Wildman–Crippen MR) is 75.2 cm³/mol. The average Bonchev–Trinajstić information content (AvgIpc) is 2.86. The first-order valence-electron chi connectivity index (χ1n) is 6.35. The number of furan rings is 1. The number of anilines is 1. The summed E-state index contributed by atoms with van der Waals surface area (Å²) in [6, 6.07) is 11.3. The number of nitrogens with zero attached hydrogens (tertiary/aromatic N) is 1. The maximum atomic E-state index is 12.6. The number of rotatable bonds is 5. The average molecular weight is 258 g/mol. The standard InChI is InChI=1S/C15H18N2O2/c1-12-14(8-11-19-12)15(18)17(10-5-9-16)13-6-3-2-4-7-13/h2-4,6-8,11H,5,9-10,16H2,1H3. The fourth-order valence-electron chi connectivity index (χ4n) is 1.96. The van der Waals surface area contributed by atoms with Crippen molar-refractivity contribution < 1.29 is 9.21 Å². The van der Waals surface area contributed by atoms with E-state index < -0.39 is 0 Å². The summed E-state index contributed by atoms with van der Waals surface area (Å²) >= 11 is 0. The number of benzene rings is 1. The maximum absolute atomic E-state index is 12.6. The second-order valence-electron chi connectivity index (χ2n) is 4.33. The smallest absolute Gasteiger partial charge is 0.261 e. The lowest BCUT2D eigenvalue weighted by Crippen LogP contribution is -2.33. The van der Waals surface area contributed by atoms with E-state index in [0.717, 1.165) is 12.1 Å². The summed E-state index contributed by atoms with van der Waals surface area (Å²) in [5, 5.41) is 0. The molecule has 0 saturated carbocycles. The highest BCUT2D eigenvalue weighted by Gasteiger charge is 2.20. The molecule has 0 saturated heterocycles. The van der Waals surface area contributed by atoms with Crippen LogP contribution in [0.2, 0.25) is 0 Å². The number of hydrogen-bond acceptors (Lipinski definition) is 3. The molecule has 0 aliphatic heterocycles. The van der Waals surface area contributed by atoms with Crippen molar-refractivity contribution in [1.82, 2.24) is 0 Å². The Kier molecular flexibility index (Phi) is 4.36. The van der Waals surface area contributed by atoms with Crippen molar-refractivity contribution in [3.05, 3.63) is 54.0 Å². The number of carbonyl (C=O) groups excluding carboxylic acids is 1. The Labute approximate surface area is 112 Å². The van der Waals surface area contributed by atoms with Crippen LogP contribution in [0.1, 0.15) is 22.5 Å². The van der Waals surface area contributed by atoms with Gasteiger partial charge in [0.2, 0.25) is 0 Å². The van der Waals surface area contributed by atoms with Crippen LogP contribution in [0.4, 0.5) is 5.69 Å². The zero-order valence-corrected chi connectivity index (χ0v) is 11.0. The summed E-state index contributed by atoms with van der Waals surface area (Å²) in [6.45, 7) is 2.95. The van der Waals surface area contributed by atoms with Gasteiger partial charge in [-0.2, -0.15) is 0 Å². The molecule has 0 unspecified atom stereocenters. The molecule has 0 fully saturated rings. The molecule has 2 N–H and O–H groups in total. The molecule has 100 valence electrons. The fraction of sp³-hybridized carbons (Fsp3) is 0.267. The van der Waals surface area contributed by atoms with Crippen LogP contribution in [0.5, 0.6) is 0 Å². The Morgan fingerprint density at radius 3 is 2.58 bits per heavy atom. The monoisotopic (exact) mass is 258 g/mol. The Bertz CT molecular complexity index is 534. The van der Waals surface area contributed by atoms with Crippen molar-refractivity contribution in [2.75, 3.05) is 18.0 Å². The Morgan fingerprint density at radius 2 is 2.00 bits per heavy atom. The highest BCUT2D eigenvalue weighted by molar-refractivity contribution is 6.06. The van der Waals surface area contributed by atoms with Crippen molar-refractivity contribution in [2.45, 2.75) is 13.3 Å².